The van der Waals surface area contributed by atoms with Gasteiger partial charge in [0, 0.05) is 28.3 Å². The highest BCUT2D eigenvalue weighted by atomic mass is 15.0. The molecule has 0 unspecified atom stereocenters. The fraction of sp³-hybridized carbons (Fsp3) is 0.467. The summed E-state index contributed by atoms with van der Waals surface area (Å²) in [6, 6.07) is 6.89. The van der Waals surface area contributed by atoms with Crippen LogP contribution in [0.5, 0.6) is 0 Å². The van der Waals surface area contributed by atoms with Crippen LogP contribution in [0.25, 0.3) is 10.9 Å². The van der Waals surface area contributed by atoms with E-state index in [1.165, 1.54) is 36.6 Å². The van der Waals surface area contributed by atoms with Gasteiger partial charge in [-0.3, -0.25) is 0 Å². The summed E-state index contributed by atoms with van der Waals surface area (Å²) in [6.45, 7) is 4.54. The fourth-order valence-electron chi connectivity index (χ4n) is 3.19. The first-order valence-corrected chi connectivity index (χ1v) is 6.59. The van der Waals surface area contributed by atoms with Crippen molar-refractivity contribution in [3.63, 3.8) is 0 Å². The summed E-state index contributed by atoms with van der Waals surface area (Å²) in [7, 11) is 0. The van der Waals surface area contributed by atoms with Gasteiger partial charge in [-0.2, -0.15) is 0 Å². The van der Waals surface area contributed by atoms with Crippen LogP contribution in [0.1, 0.15) is 44.0 Å². The predicted octanol–water partition coefficient (Wildman–Crippen LogP) is 3.68. The van der Waals surface area contributed by atoms with E-state index in [2.05, 4.69) is 30.5 Å². The van der Waals surface area contributed by atoms with Crippen LogP contribution >= 0.6 is 0 Å². The number of fused-ring (bicyclic) bond motifs is 3. The summed E-state index contributed by atoms with van der Waals surface area (Å²) in [5.74, 6) is 0. The van der Waals surface area contributed by atoms with Gasteiger partial charge in [0.15, 0.2) is 0 Å². The third-order valence-corrected chi connectivity index (χ3v) is 3.85. The maximum absolute atomic E-state index is 5.93. The van der Waals surface area contributed by atoms with Gasteiger partial charge in [-0.15, -0.1) is 0 Å². The molecule has 1 aromatic carbocycles. The zero-order valence-electron chi connectivity index (χ0n) is 10.7. The van der Waals surface area contributed by atoms with E-state index in [-0.39, 0.29) is 0 Å². The summed E-state index contributed by atoms with van der Waals surface area (Å²) in [5, 5.41) is 1.38. The van der Waals surface area contributed by atoms with E-state index in [9.17, 15) is 0 Å². The fourth-order valence-corrected chi connectivity index (χ4v) is 3.19. The highest BCUT2D eigenvalue weighted by Gasteiger charge is 2.20. The van der Waals surface area contributed by atoms with Gasteiger partial charge in [-0.25, -0.2) is 0 Å². The number of rotatable bonds is 1. The molecular weight excluding hydrogens is 208 g/mol. The van der Waals surface area contributed by atoms with Crippen molar-refractivity contribution >= 4 is 16.6 Å². The van der Waals surface area contributed by atoms with Gasteiger partial charge in [0.2, 0.25) is 0 Å². The maximum Gasteiger partial charge on any atom is 0.0489 e. The Kier molecular flexibility index (Phi) is 2.39. The van der Waals surface area contributed by atoms with Gasteiger partial charge < -0.3 is 10.3 Å². The summed E-state index contributed by atoms with van der Waals surface area (Å²) >= 11 is 0. The van der Waals surface area contributed by atoms with Crippen LogP contribution < -0.4 is 5.73 Å². The Hall–Kier alpha value is -1.44. The van der Waals surface area contributed by atoms with Crippen molar-refractivity contribution in [2.45, 2.75) is 45.6 Å². The summed E-state index contributed by atoms with van der Waals surface area (Å²) in [5.41, 5.74) is 11.3. The van der Waals surface area contributed by atoms with Gasteiger partial charge in [-0.05, 0) is 63.3 Å². The quantitative estimate of drug-likeness (QED) is 0.742. The first-order valence-electron chi connectivity index (χ1n) is 6.59. The molecule has 0 aliphatic heterocycles. The van der Waals surface area contributed by atoms with Crippen LogP contribution in [0.3, 0.4) is 0 Å². The predicted molar refractivity (Wildman–Crippen MR) is 73.4 cm³/mol. The lowest BCUT2D eigenvalue weighted by Crippen LogP contribution is -2.09. The van der Waals surface area contributed by atoms with Crippen molar-refractivity contribution in [2.24, 2.45) is 0 Å². The molecular formula is C15H20N2. The molecule has 2 aromatic rings. The van der Waals surface area contributed by atoms with Gasteiger partial charge in [0.1, 0.15) is 0 Å². The maximum atomic E-state index is 5.93. The molecule has 1 aromatic heterocycles. The molecule has 17 heavy (non-hydrogen) atoms. The van der Waals surface area contributed by atoms with Gasteiger partial charge in [0.25, 0.3) is 0 Å². The third kappa shape index (κ3) is 1.54. The van der Waals surface area contributed by atoms with Crippen LogP contribution in [0.2, 0.25) is 0 Å². The summed E-state index contributed by atoms with van der Waals surface area (Å²) in [4.78, 5) is 0. The SMILES string of the molecule is CC(C)n1c2c(c3cc(N)ccc31)CCCC2. The Morgan fingerprint density at radius 1 is 1.18 bits per heavy atom. The van der Waals surface area contributed by atoms with E-state index < -0.39 is 0 Å². The number of hydrogen-bond donors (Lipinski definition) is 1. The lowest BCUT2D eigenvalue weighted by molar-refractivity contribution is 0.561. The minimum Gasteiger partial charge on any atom is -0.399 e. The molecule has 0 bridgehead atoms. The molecule has 1 aliphatic rings. The van der Waals surface area contributed by atoms with E-state index in [4.69, 9.17) is 5.73 Å². The Morgan fingerprint density at radius 3 is 2.71 bits per heavy atom. The van der Waals surface area contributed by atoms with Crippen molar-refractivity contribution in [2.75, 3.05) is 5.73 Å². The summed E-state index contributed by atoms with van der Waals surface area (Å²) in [6.07, 6.45) is 5.08. The zero-order chi connectivity index (χ0) is 12.0. The molecule has 2 heteroatoms. The molecule has 0 saturated carbocycles. The molecule has 90 valence electrons. The average molecular weight is 228 g/mol. The number of benzene rings is 1. The topological polar surface area (TPSA) is 30.9 Å². The van der Waals surface area contributed by atoms with Crippen molar-refractivity contribution in [3.05, 3.63) is 29.5 Å². The second-order valence-corrected chi connectivity index (χ2v) is 5.37. The Labute approximate surface area is 102 Å². The largest absolute Gasteiger partial charge is 0.399 e. The number of anilines is 1. The number of nitrogen functional groups attached to an aromatic ring is 1. The van der Waals surface area contributed by atoms with Crippen molar-refractivity contribution < 1.29 is 0 Å². The number of nitrogens with zero attached hydrogens (tertiary/aromatic N) is 1. The Bertz CT molecular complexity index is 564. The highest BCUT2D eigenvalue weighted by molar-refractivity contribution is 5.88. The molecule has 0 fully saturated rings. The highest BCUT2D eigenvalue weighted by Crippen LogP contribution is 2.35. The molecule has 2 N–H and O–H groups in total. The number of aromatic nitrogens is 1. The lowest BCUT2D eigenvalue weighted by atomic mass is 9.95. The molecule has 0 radical (unpaired) electrons. The molecule has 0 saturated heterocycles. The van der Waals surface area contributed by atoms with E-state index in [0.717, 1.165) is 5.69 Å². The number of nitrogens with two attached hydrogens (primary N) is 1. The van der Waals surface area contributed by atoms with Crippen LogP contribution in [0.15, 0.2) is 18.2 Å². The molecule has 0 spiro atoms. The minimum absolute atomic E-state index is 0.531. The van der Waals surface area contributed by atoms with Crippen molar-refractivity contribution in [1.29, 1.82) is 0 Å². The number of hydrogen-bond acceptors (Lipinski definition) is 1. The normalized spacial score (nSPS) is 15.5. The van der Waals surface area contributed by atoms with E-state index in [1.54, 1.807) is 11.3 Å². The summed E-state index contributed by atoms with van der Waals surface area (Å²) < 4.78 is 2.50. The first kappa shape index (κ1) is 10.7. The Balaban J connectivity index is 2.37. The van der Waals surface area contributed by atoms with Gasteiger partial charge in [0.05, 0.1) is 0 Å². The van der Waals surface area contributed by atoms with E-state index in [0.29, 0.717) is 6.04 Å². The van der Waals surface area contributed by atoms with Gasteiger partial charge >= 0.3 is 0 Å². The average Bonchev–Trinajstić information content (AvgIpc) is 2.63. The van der Waals surface area contributed by atoms with Gasteiger partial charge in [-0.1, -0.05) is 0 Å². The number of aryl methyl sites for hydroxylation is 1. The van der Waals surface area contributed by atoms with Crippen LogP contribution in [0.4, 0.5) is 5.69 Å². The smallest absolute Gasteiger partial charge is 0.0489 e. The molecule has 2 nitrogen and oxygen atoms in total. The Morgan fingerprint density at radius 2 is 1.94 bits per heavy atom. The minimum atomic E-state index is 0.531. The second-order valence-electron chi connectivity index (χ2n) is 5.37. The standard InChI is InChI=1S/C15H20N2/c1-10(2)17-14-6-4-3-5-12(14)13-9-11(16)7-8-15(13)17/h7-10H,3-6,16H2,1-2H3. The second kappa shape index (κ2) is 3.80. The van der Waals surface area contributed by atoms with Crippen LogP contribution in [-0.4, -0.2) is 4.57 Å². The lowest BCUT2D eigenvalue weighted by Gasteiger charge is -2.18. The zero-order valence-corrected chi connectivity index (χ0v) is 10.7. The first-order chi connectivity index (χ1) is 8.18. The van der Waals surface area contributed by atoms with Crippen LogP contribution in [-0.2, 0) is 12.8 Å². The van der Waals surface area contributed by atoms with Crippen molar-refractivity contribution in [3.8, 4) is 0 Å². The van der Waals surface area contributed by atoms with E-state index in [1.807, 2.05) is 6.07 Å². The van der Waals surface area contributed by atoms with E-state index >= 15 is 0 Å². The monoisotopic (exact) mass is 228 g/mol. The molecule has 0 amide bonds. The third-order valence-electron chi connectivity index (χ3n) is 3.85. The molecule has 1 aliphatic carbocycles. The van der Waals surface area contributed by atoms with Crippen molar-refractivity contribution in [1.82, 2.24) is 4.57 Å². The van der Waals surface area contributed by atoms with Crippen LogP contribution in [0, 0.1) is 0 Å². The molecule has 1 heterocycles. The molecule has 0 atom stereocenters. The molecule has 3 rings (SSSR count).